The van der Waals surface area contributed by atoms with E-state index in [9.17, 15) is 13.2 Å². The molecule has 30 heavy (non-hydrogen) atoms. The van der Waals surface area contributed by atoms with Crippen LogP contribution in [-0.2, 0) is 16.4 Å². The van der Waals surface area contributed by atoms with Gasteiger partial charge in [0.1, 0.15) is 5.75 Å². The number of pyridine rings is 1. The van der Waals surface area contributed by atoms with E-state index in [-0.39, 0.29) is 29.0 Å². The Balaban J connectivity index is 1.65. The molecule has 1 amide bonds. The highest BCUT2D eigenvalue weighted by molar-refractivity contribution is 7.91. The summed E-state index contributed by atoms with van der Waals surface area (Å²) in [5.41, 5.74) is 1.08. The van der Waals surface area contributed by atoms with Crippen LogP contribution in [-0.4, -0.2) is 25.1 Å². The normalized spacial score (nSPS) is 11.2. The molecule has 0 saturated heterocycles. The highest BCUT2D eigenvalue weighted by Gasteiger charge is 2.13. The Morgan fingerprint density at radius 2 is 1.90 bits per heavy atom. The number of benzene rings is 2. The Hall–Kier alpha value is -2.61. The molecule has 0 aliphatic carbocycles. The zero-order valence-corrected chi connectivity index (χ0v) is 18.3. The summed E-state index contributed by atoms with van der Waals surface area (Å²) in [5.74, 6) is 0.251. The van der Waals surface area contributed by atoms with Crippen LogP contribution in [0.25, 0.3) is 0 Å². The van der Waals surface area contributed by atoms with Gasteiger partial charge in [-0.1, -0.05) is 42.3 Å². The summed E-state index contributed by atoms with van der Waals surface area (Å²) in [6.07, 6.45) is 1.38. The lowest BCUT2D eigenvalue weighted by atomic mass is 10.2. The third kappa shape index (κ3) is 5.50. The monoisotopic (exact) mass is 464 g/mol. The van der Waals surface area contributed by atoms with Crippen LogP contribution in [0.4, 0.5) is 0 Å². The molecule has 3 rings (SSSR count). The van der Waals surface area contributed by atoms with Gasteiger partial charge in [0.2, 0.25) is 5.88 Å². The van der Waals surface area contributed by atoms with Crippen LogP contribution in [0.2, 0.25) is 10.0 Å². The summed E-state index contributed by atoms with van der Waals surface area (Å²) in [7, 11) is -3.34. The van der Waals surface area contributed by atoms with Gasteiger partial charge in [0.25, 0.3) is 5.91 Å². The first-order valence-electron chi connectivity index (χ1n) is 8.97. The van der Waals surface area contributed by atoms with Gasteiger partial charge in [-0.25, -0.2) is 13.4 Å². The Labute approximate surface area is 184 Å². The second-order valence-electron chi connectivity index (χ2n) is 6.28. The van der Waals surface area contributed by atoms with Gasteiger partial charge in [0.05, 0.1) is 16.2 Å². The largest absolute Gasteiger partial charge is 0.439 e. The van der Waals surface area contributed by atoms with Crippen molar-refractivity contribution in [3.63, 3.8) is 0 Å². The molecule has 0 saturated carbocycles. The van der Waals surface area contributed by atoms with Gasteiger partial charge in [0, 0.05) is 28.9 Å². The molecule has 1 N–H and O–H groups in total. The van der Waals surface area contributed by atoms with Gasteiger partial charge in [-0.05, 0) is 42.0 Å². The van der Waals surface area contributed by atoms with Crippen molar-refractivity contribution in [2.45, 2.75) is 18.4 Å². The quantitative estimate of drug-likeness (QED) is 0.536. The van der Waals surface area contributed by atoms with E-state index in [0.29, 0.717) is 21.4 Å². The molecule has 0 bridgehead atoms. The summed E-state index contributed by atoms with van der Waals surface area (Å²) in [6.45, 7) is 1.82. The number of sulfone groups is 1. The molecule has 0 spiro atoms. The lowest BCUT2D eigenvalue weighted by Crippen LogP contribution is -2.23. The molecule has 0 atom stereocenters. The van der Waals surface area contributed by atoms with E-state index < -0.39 is 9.84 Å². The number of carbonyl (C=O) groups excluding carboxylic acids is 1. The zero-order chi connectivity index (χ0) is 21.7. The smallest absolute Gasteiger partial charge is 0.253 e. The lowest BCUT2D eigenvalue weighted by molar-refractivity contribution is 0.0950. The zero-order valence-electron chi connectivity index (χ0n) is 15.9. The number of hydrogen-bond acceptors (Lipinski definition) is 5. The maximum Gasteiger partial charge on any atom is 0.253 e. The number of amides is 1. The molecule has 0 aliphatic rings. The van der Waals surface area contributed by atoms with Crippen LogP contribution in [0.1, 0.15) is 22.8 Å². The van der Waals surface area contributed by atoms with Gasteiger partial charge in [-0.15, -0.1) is 0 Å². The molecular formula is C21H18Cl2N2O4S. The minimum atomic E-state index is -3.34. The van der Waals surface area contributed by atoms with E-state index in [1.165, 1.54) is 24.4 Å². The van der Waals surface area contributed by atoms with E-state index in [1.807, 2.05) is 0 Å². The SMILES string of the molecule is CCS(=O)(=O)c1cccc(Oc2ccc(C(=O)NCc3ccc(Cl)cc3Cl)cn2)c1. The van der Waals surface area contributed by atoms with E-state index in [0.717, 1.165) is 5.56 Å². The third-order valence-electron chi connectivity index (χ3n) is 4.22. The molecule has 0 unspecified atom stereocenters. The first-order valence-corrected chi connectivity index (χ1v) is 11.4. The van der Waals surface area contributed by atoms with Crippen molar-refractivity contribution < 1.29 is 17.9 Å². The number of aromatic nitrogens is 1. The molecule has 156 valence electrons. The highest BCUT2D eigenvalue weighted by atomic mass is 35.5. The predicted molar refractivity (Wildman–Crippen MR) is 116 cm³/mol. The number of nitrogens with one attached hydrogen (secondary N) is 1. The van der Waals surface area contributed by atoms with Crippen LogP contribution in [0.3, 0.4) is 0 Å². The van der Waals surface area contributed by atoms with Gasteiger partial charge in [-0.3, -0.25) is 4.79 Å². The van der Waals surface area contributed by atoms with Gasteiger partial charge < -0.3 is 10.1 Å². The summed E-state index contributed by atoms with van der Waals surface area (Å²) < 4.78 is 29.6. The van der Waals surface area contributed by atoms with Crippen LogP contribution >= 0.6 is 23.2 Å². The average molecular weight is 465 g/mol. The Bertz CT molecular complexity index is 1170. The Morgan fingerprint density at radius 1 is 1.10 bits per heavy atom. The topological polar surface area (TPSA) is 85.4 Å². The molecule has 1 aromatic heterocycles. The standard InChI is InChI=1S/C21H18Cl2N2O4S/c1-2-30(27,28)18-5-3-4-17(11-18)29-20-9-7-15(13-24-20)21(26)25-12-14-6-8-16(22)10-19(14)23/h3-11,13H,2,12H2,1H3,(H,25,26). The second-order valence-corrected chi connectivity index (χ2v) is 9.41. The fourth-order valence-electron chi connectivity index (χ4n) is 2.54. The molecule has 0 radical (unpaired) electrons. The first-order chi connectivity index (χ1) is 14.3. The van der Waals surface area contributed by atoms with Crippen molar-refractivity contribution in [2.75, 3.05) is 5.75 Å². The Kier molecular flexibility index (Phi) is 6.97. The van der Waals surface area contributed by atoms with Crippen molar-refractivity contribution in [3.05, 3.63) is 82.0 Å². The Morgan fingerprint density at radius 3 is 2.57 bits per heavy atom. The summed E-state index contributed by atoms with van der Waals surface area (Å²) in [6, 6.07) is 14.3. The van der Waals surface area contributed by atoms with Crippen LogP contribution in [0.5, 0.6) is 11.6 Å². The molecule has 9 heteroatoms. The summed E-state index contributed by atoms with van der Waals surface area (Å²) in [4.78, 5) is 16.6. The summed E-state index contributed by atoms with van der Waals surface area (Å²) >= 11 is 12.0. The lowest BCUT2D eigenvalue weighted by Gasteiger charge is -2.09. The minimum Gasteiger partial charge on any atom is -0.439 e. The van der Waals surface area contributed by atoms with E-state index in [4.69, 9.17) is 27.9 Å². The van der Waals surface area contributed by atoms with Crippen molar-refractivity contribution in [2.24, 2.45) is 0 Å². The average Bonchev–Trinajstić information content (AvgIpc) is 2.73. The number of rotatable bonds is 7. The number of hydrogen-bond donors (Lipinski definition) is 1. The van der Waals surface area contributed by atoms with Gasteiger partial charge in [-0.2, -0.15) is 0 Å². The maximum atomic E-state index is 12.3. The van der Waals surface area contributed by atoms with Crippen molar-refractivity contribution in [1.29, 1.82) is 0 Å². The third-order valence-corrected chi connectivity index (χ3v) is 6.54. The highest BCUT2D eigenvalue weighted by Crippen LogP contribution is 2.24. The van der Waals surface area contributed by atoms with E-state index >= 15 is 0 Å². The van der Waals surface area contributed by atoms with Gasteiger partial charge >= 0.3 is 0 Å². The van der Waals surface area contributed by atoms with Crippen LogP contribution in [0, 0.1) is 0 Å². The molecule has 1 heterocycles. The molecule has 3 aromatic rings. The number of nitrogens with zero attached hydrogens (tertiary/aromatic N) is 1. The molecule has 0 fully saturated rings. The first kappa shape index (κ1) is 22.1. The second kappa shape index (κ2) is 9.47. The fraction of sp³-hybridized carbons (Fsp3) is 0.143. The van der Waals surface area contributed by atoms with E-state index in [2.05, 4.69) is 10.3 Å². The number of halogens is 2. The predicted octanol–water partition coefficient (Wildman–Crippen LogP) is 4.90. The van der Waals surface area contributed by atoms with Crippen molar-refractivity contribution in [3.8, 4) is 11.6 Å². The van der Waals surface area contributed by atoms with Crippen LogP contribution in [0.15, 0.2) is 65.7 Å². The van der Waals surface area contributed by atoms with Gasteiger partial charge in [0.15, 0.2) is 9.84 Å². The minimum absolute atomic E-state index is 0.000253. The number of carbonyl (C=O) groups is 1. The molecule has 6 nitrogen and oxygen atoms in total. The molecule has 0 aliphatic heterocycles. The van der Waals surface area contributed by atoms with Crippen molar-refractivity contribution in [1.82, 2.24) is 10.3 Å². The molecule has 2 aromatic carbocycles. The summed E-state index contributed by atoms with van der Waals surface area (Å²) in [5, 5.41) is 3.75. The van der Waals surface area contributed by atoms with Crippen molar-refractivity contribution >= 4 is 38.9 Å². The molecular weight excluding hydrogens is 447 g/mol. The number of ether oxygens (including phenoxy) is 1. The fourth-order valence-corrected chi connectivity index (χ4v) is 3.93. The maximum absolute atomic E-state index is 12.3. The van der Waals surface area contributed by atoms with E-state index in [1.54, 1.807) is 43.3 Å². The van der Waals surface area contributed by atoms with Crippen LogP contribution < -0.4 is 10.1 Å².